The van der Waals surface area contributed by atoms with E-state index in [-0.39, 0.29) is 23.7 Å². The maximum Gasteiger partial charge on any atom is 0.410 e. The largest absolute Gasteiger partial charge is 0.493 e. The molecule has 0 radical (unpaired) electrons. The molecule has 1 aliphatic heterocycles. The Hall–Kier alpha value is -5.60. The Morgan fingerprint density at radius 3 is 2.40 bits per heavy atom. The molecule has 1 aromatic heterocycles. The molecule has 3 aromatic carbocycles. The number of esters is 1. The number of nitrogens with zero attached hydrogens (tertiary/aromatic N) is 1. The molecule has 0 saturated carbocycles. The summed E-state index contributed by atoms with van der Waals surface area (Å²) in [6.07, 6.45) is 1.52. The predicted molar refractivity (Wildman–Crippen MR) is 215 cm³/mol. The molecular formula is C41H44N4O8S2. The lowest BCUT2D eigenvalue weighted by atomic mass is 10.0. The summed E-state index contributed by atoms with van der Waals surface area (Å²) in [7, 11) is 1.29. The highest BCUT2D eigenvalue weighted by atomic mass is 32.2. The number of rotatable bonds is 12. The first-order chi connectivity index (χ1) is 26.3. The zero-order valence-corrected chi connectivity index (χ0v) is 33.2. The van der Waals surface area contributed by atoms with Crippen molar-refractivity contribution in [3.63, 3.8) is 0 Å². The van der Waals surface area contributed by atoms with Crippen LogP contribution in [0.2, 0.25) is 0 Å². The molecule has 1 unspecified atom stereocenters. The minimum atomic E-state index is -0.654. The van der Waals surface area contributed by atoms with E-state index in [1.807, 2.05) is 25.1 Å². The third-order valence-electron chi connectivity index (χ3n) is 8.16. The molecule has 2 heterocycles. The van der Waals surface area contributed by atoms with Crippen LogP contribution in [0.25, 0.3) is 6.08 Å². The van der Waals surface area contributed by atoms with Gasteiger partial charge < -0.3 is 35.1 Å². The average molecular weight is 785 g/mol. The van der Waals surface area contributed by atoms with Gasteiger partial charge in [-0.05, 0) is 89.1 Å². The third kappa shape index (κ3) is 10.8. The molecular weight excluding hydrogens is 741 g/mol. The Kier molecular flexibility index (Phi) is 13.4. The number of benzene rings is 3. The number of thioether (sulfide) groups is 1. The Bertz CT molecular complexity index is 2090. The number of hydrogen-bond acceptors (Lipinski definition) is 10. The van der Waals surface area contributed by atoms with Gasteiger partial charge in [0.05, 0.1) is 31.1 Å². The maximum atomic E-state index is 13.7. The van der Waals surface area contributed by atoms with Crippen LogP contribution in [0.15, 0.2) is 89.5 Å². The highest BCUT2D eigenvalue weighted by Gasteiger charge is 2.33. The molecule has 1 aliphatic rings. The fourth-order valence-corrected chi connectivity index (χ4v) is 7.77. The van der Waals surface area contributed by atoms with Gasteiger partial charge in [0.25, 0.3) is 11.8 Å². The summed E-state index contributed by atoms with van der Waals surface area (Å²) in [5, 5.41) is 8.26. The second-order valence-electron chi connectivity index (χ2n) is 13.4. The smallest absolute Gasteiger partial charge is 0.410 e. The van der Waals surface area contributed by atoms with Gasteiger partial charge in [-0.2, -0.15) is 0 Å². The summed E-state index contributed by atoms with van der Waals surface area (Å²) >= 11 is 2.49. The number of methoxy groups -OCH3 is 1. The van der Waals surface area contributed by atoms with E-state index in [1.165, 1.54) is 30.2 Å². The van der Waals surface area contributed by atoms with Crippen LogP contribution < -0.4 is 20.7 Å². The van der Waals surface area contributed by atoms with Gasteiger partial charge >= 0.3 is 12.1 Å². The van der Waals surface area contributed by atoms with Crippen molar-refractivity contribution in [3.8, 4) is 5.75 Å². The molecule has 0 aliphatic carbocycles. The van der Waals surface area contributed by atoms with E-state index >= 15 is 0 Å². The lowest BCUT2D eigenvalue weighted by Crippen LogP contribution is -2.39. The number of hydrogen-bond donors (Lipinski definition) is 3. The van der Waals surface area contributed by atoms with Gasteiger partial charge in [-0.15, -0.1) is 23.1 Å². The topological polar surface area (TPSA) is 152 Å². The molecule has 55 heavy (non-hydrogen) atoms. The molecule has 0 saturated heterocycles. The summed E-state index contributed by atoms with van der Waals surface area (Å²) in [5.41, 5.74) is 1.80. The molecule has 0 spiro atoms. The van der Waals surface area contributed by atoms with E-state index in [0.29, 0.717) is 52.0 Å². The monoisotopic (exact) mass is 784 g/mol. The Morgan fingerprint density at radius 2 is 1.69 bits per heavy atom. The summed E-state index contributed by atoms with van der Waals surface area (Å²) < 4.78 is 16.4. The normalized spacial score (nSPS) is 13.2. The number of ether oxygens (including phenoxy) is 3. The van der Waals surface area contributed by atoms with Crippen molar-refractivity contribution in [2.24, 2.45) is 0 Å². The van der Waals surface area contributed by atoms with Gasteiger partial charge in [0.2, 0.25) is 5.91 Å². The minimum Gasteiger partial charge on any atom is -0.493 e. The number of carbonyl (C=O) groups is 5. The van der Waals surface area contributed by atoms with Crippen molar-refractivity contribution >= 4 is 69.6 Å². The van der Waals surface area contributed by atoms with Gasteiger partial charge in [0.1, 0.15) is 22.0 Å². The first-order valence-electron chi connectivity index (χ1n) is 17.7. The van der Waals surface area contributed by atoms with E-state index in [2.05, 4.69) is 16.0 Å². The van der Waals surface area contributed by atoms with E-state index in [0.717, 1.165) is 10.4 Å². The average Bonchev–Trinajstić information content (AvgIpc) is 3.51. The summed E-state index contributed by atoms with van der Waals surface area (Å²) in [6, 6.07) is 22.8. The van der Waals surface area contributed by atoms with Crippen LogP contribution in [0.4, 0.5) is 15.5 Å². The van der Waals surface area contributed by atoms with Crippen molar-refractivity contribution in [1.29, 1.82) is 0 Å². The number of carbonyl (C=O) groups excluding carboxylic acids is 5. The molecule has 0 fully saturated rings. The zero-order chi connectivity index (χ0) is 39.7. The second kappa shape index (κ2) is 18.2. The molecule has 288 valence electrons. The van der Waals surface area contributed by atoms with Crippen molar-refractivity contribution in [2.75, 3.05) is 30.9 Å². The van der Waals surface area contributed by atoms with E-state index in [9.17, 15) is 24.0 Å². The molecule has 3 N–H and O–H groups in total. The molecule has 14 heteroatoms. The fourth-order valence-electron chi connectivity index (χ4n) is 5.59. The van der Waals surface area contributed by atoms with Crippen LogP contribution in [0, 0.1) is 0 Å². The quantitative estimate of drug-likeness (QED) is 0.0744. The zero-order valence-electron chi connectivity index (χ0n) is 31.5. The van der Waals surface area contributed by atoms with E-state index in [1.54, 1.807) is 99.3 Å². The highest BCUT2D eigenvalue weighted by molar-refractivity contribution is 8.00. The van der Waals surface area contributed by atoms with Crippen molar-refractivity contribution in [1.82, 2.24) is 10.2 Å². The first-order valence-corrected chi connectivity index (χ1v) is 19.4. The van der Waals surface area contributed by atoms with E-state index < -0.39 is 34.7 Å². The molecule has 12 nitrogen and oxygen atoms in total. The third-order valence-corrected chi connectivity index (χ3v) is 10.4. The van der Waals surface area contributed by atoms with Crippen LogP contribution in [-0.2, 0) is 32.0 Å². The van der Waals surface area contributed by atoms with Crippen LogP contribution in [0.1, 0.15) is 71.3 Å². The summed E-state index contributed by atoms with van der Waals surface area (Å²) in [5.74, 6) is -1.39. The minimum absolute atomic E-state index is 0.000999. The van der Waals surface area contributed by atoms with Crippen molar-refractivity contribution < 1.29 is 38.2 Å². The number of fused-ring (bicyclic) bond motifs is 1. The summed E-state index contributed by atoms with van der Waals surface area (Å²) in [6.45, 7) is 10.00. The molecule has 1 atom stereocenters. The first kappa shape index (κ1) is 40.6. The van der Waals surface area contributed by atoms with Gasteiger partial charge in [0.15, 0.2) is 0 Å². The molecule has 5 rings (SSSR count). The lowest BCUT2D eigenvalue weighted by molar-refractivity contribution is -0.115. The SMILES string of the molecule is CCOc1ccccc1/C=C(/NC(=O)c1ccccc1)C(=O)Nc1cccc(SC(C)C(=O)Nc2sc3c(c2C(=O)OC)CCN(C(=O)OC(C)(C)C)C3)c1. The molecule has 4 amide bonds. The molecule has 4 aromatic rings. The van der Waals surface area contributed by atoms with Gasteiger partial charge in [-0.25, -0.2) is 9.59 Å². The van der Waals surface area contributed by atoms with Gasteiger partial charge in [0, 0.05) is 33.1 Å². The van der Waals surface area contributed by atoms with Crippen LogP contribution >= 0.6 is 23.1 Å². The number of nitrogens with one attached hydrogen (secondary N) is 3. The standard InChI is InChI=1S/C41H44N4O8S2/c1-7-52-32-19-12-11-16-27(32)22-31(43-36(47)26-14-9-8-10-15-26)37(48)42-28-17-13-18-29(23-28)54-25(2)35(46)44-38-34(39(49)51-6)30-20-21-45(24-33(30)55-38)40(50)53-41(3,4)5/h8-19,22-23,25H,7,20-21,24H2,1-6H3,(H,42,48)(H,43,47)(H,44,46)/b31-22+. The van der Waals surface area contributed by atoms with Crippen LogP contribution in [-0.4, -0.2) is 65.8 Å². The summed E-state index contributed by atoms with van der Waals surface area (Å²) in [4.78, 5) is 69.2. The Labute approximate surface area is 328 Å². The Morgan fingerprint density at radius 1 is 0.964 bits per heavy atom. The van der Waals surface area contributed by atoms with Gasteiger partial charge in [-0.3, -0.25) is 14.4 Å². The highest BCUT2D eigenvalue weighted by Crippen LogP contribution is 2.39. The van der Waals surface area contributed by atoms with Gasteiger partial charge in [-0.1, -0.05) is 42.5 Å². The van der Waals surface area contributed by atoms with Crippen LogP contribution in [0.3, 0.4) is 0 Å². The second-order valence-corrected chi connectivity index (χ2v) is 16.0. The predicted octanol–water partition coefficient (Wildman–Crippen LogP) is 7.76. The fraction of sp³-hybridized carbons (Fsp3) is 0.293. The lowest BCUT2D eigenvalue weighted by Gasteiger charge is -2.30. The number of thiophene rings is 1. The number of anilines is 2. The van der Waals surface area contributed by atoms with Crippen molar-refractivity contribution in [2.45, 2.75) is 63.3 Å². The number of amides is 4. The molecule has 0 bridgehead atoms. The van der Waals surface area contributed by atoms with E-state index in [4.69, 9.17) is 14.2 Å². The maximum absolute atomic E-state index is 13.7. The van der Waals surface area contributed by atoms with Crippen LogP contribution in [0.5, 0.6) is 5.75 Å². The number of para-hydroxylation sites is 1. The van der Waals surface area contributed by atoms with Crippen molar-refractivity contribution in [3.05, 3.63) is 112 Å². The Balaban J connectivity index is 1.30.